The van der Waals surface area contributed by atoms with Gasteiger partial charge in [0, 0.05) is 31.2 Å². The molecular weight excluding hydrogens is 378 g/mol. The smallest absolute Gasteiger partial charge is 0.179 e. The fourth-order valence-corrected chi connectivity index (χ4v) is 4.41. The Bertz CT molecular complexity index is 1080. The molecule has 0 saturated carbocycles. The van der Waals surface area contributed by atoms with E-state index in [1.165, 1.54) is 24.5 Å². The van der Waals surface area contributed by atoms with Gasteiger partial charge in [-0.2, -0.15) is 5.10 Å². The van der Waals surface area contributed by atoms with Crippen molar-refractivity contribution in [1.82, 2.24) is 25.4 Å². The predicted octanol–water partition coefficient (Wildman–Crippen LogP) is 2.13. The number of nitrogens with one attached hydrogen (secondary N) is 1. The summed E-state index contributed by atoms with van der Waals surface area (Å²) in [6.45, 7) is 0.244. The molecule has 2 atom stereocenters. The van der Waals surface area contributed by atoms with E-state index >= 15 is 0 Å². The number of carbonyl (C=O) groups excluding carboxylic acids is 1. The average Bonchev–Trinajstić information content (AvgIpc) is 3.04. The third kappa shape index (κ3) is 2.89. The normalized spacial score (nSPS) is 24.1. The van der Waals surface area contributed by atoms with Gasteiger partial charge in [-0.1, -0.05) is 16.6 Å². The van der Waals surface area contributed by atoms with Gasteiger partial charge in [0.05, 0.1) is 11.6 Å². The molecule has 0 bridgehead atoms. The second-order valence-corrected chi connectivity index (χ2v) is 7.37. The van der Waals surface area contributed by atoms with Crippen LogP contribution in [0.5, 0.6) is 0 Å². The molecule has 0 radical (unpaired) electrons. The van der Waals surface area contributed by atoms with Gasteiger partial charge in [0.15, 0.2) is 5.78 Å². The van der Waals surface area contributed by atoms with E-state index in [1.54, 1.807) is 23.9 Å². The standard InChI is InChI=1S/C20H18F2N6O/c1-27-20(24-10-26-27)18-15(11-2-4-13(21)5-3-11)6-12-8-25-28(22)16-7-14(29)9-23-19(18)17(12)16/h2-5,7,10,15,18,25H,6,8-9H2,1H3. The van der Waals surface area contributed by atoms with Gasteiger partial charge in [-0.15, -0.1) is 5.23 Å². The maximum Gasteiger partial charge on any atom is 0.179 e. The molecule has 0 spiro atoms. The highest BCUT2D eigenvalue weighted by molar-refractivity contribution is 6.13. The molecule has 2 aliphatic heterocycles. The molecule has 0 saturated heterocycles. The minimum absolute atomic E-state index is 0.0616. The number of benzene rings is 1. The summed E-state index contributed by atoms with van der Waals surface area (Å²) in [4.78, 5) is 21.2. The number of allylic oxidation sites excluding steroid dienone is 1. The molecule has 1 aromatic carbocycles. The molecule has 3 heterocycles. The molecule has 5 rings (SSSR count). The van der Waals surface area contributed by atoms with Crippen molar-refractivity contribution in [3.8, 4) is 0 Å². The van der Waals surface area contributed by atoms with E-state index in [4.69, 9.17) is 0 Å². The van der Waals surface area contributed by atoms with E-state index in [-0.39, 0.29) is 35.7 Å². The van der Waals surface area contributed by atoms with Crippen LogP contribution < -0.4 is 5.43 Å². The number of aryl methyl sites for hydroxylation is 1. The van der Waals surface area contributed by atoms with Gasteiger partial charge < -0.3 is 0 Å². The maximum absolute atomic E-state index is 14.5. The Kier molecular flexibility index (Phi) is 4.13. The number of aliphatic imine (C=N–C) groups is 1. The fourth-order valence-electron chi connectivity index (χ4n) is 4.41. The van der Waals surface area contributed by atoms with Crippen LogP contribution >= 0.6 is 0 Å². The minimum Gasteiger partial charge on any atom is -0.293 e. The van der Waals surface area contributed by atoms with Crippen LogP contribution in [0.1, 0.15) is 29.6 Å². The largest absolute Gasteiger partial charge is 0.293 e. The Labute approximate surface area is 165 Å². The lowest BCUT2D eigenvalue weighted by atomic mass is 9.70. The van der Waals surface area contributed by atoms with Crippen LogP contribution in [0.3, 0.4) is 0 Å². The van der Waals surface area contributed by atoms with E-state index in [1.807, 2.05) is 0 Å². The summed E-state index contributed by atoms with van der Waals surface area (Å²) in [7, 11) is 1.79. The van der Waals surface area contributed by atoms with Gasteiger partial charge in [-0.05, 0) is 29.7 Å². The first-order chi connectivity index (χ1) is 14.0. The van der Waals surface area contributed by atoms with E-state index < -0.39 is 0 Å². The van der Waals surface area contributed by atoms with Crippen molar-refractivity contribution in [1.29, 1.82) is 0 Å². The van der Waals surface area contributed by atoms with E-state index in [9.17, 15) is 13.7 Å². The molecule has 2 unspecified atom stereocenters. The molecule has 2 aromatic rings. The number of ketones is 1. The molecule has 1 N–H and O–H groups in total. The summed E-state index contributed by atoms with van der Waals surface area (Å²) in [5.41, 5.74) is 6.02. The Morgan fingerprint density at radius 1 is 1.24 bits per heavy atom. The first-order valence-corrected chi connectivity index (χ1v) is 9.33. The third-order valence-electron chi connectivity index (χ3n) is 5.70. The second kappa shape index (κ2) is 6.70. The molecule has 9 heteroatoms. The van der Waals surface area contributed by atoms with Crippen LogP contribution in [-0.2, 0) is 11.8 Å². The number of hydrogen-bond donors (Lipinski definition) is 1. The Hall–Kier alpha value is -3.20. The molecule has 29 heavy (non-hydrogen) atoms. The van der Waals surface area contributed by atoms with Crippen molar-refractivity contribution >= 4 is 11.5 Å². The fraction of sp³-hybridized carbons (Fsp3) is 0.300. The first kappa shape index (κ1) is 17.9. The Morgan fingerprint density at radius 2 is 2.03 bits per heavy atom. The quantitative estimate of drug-likeness (QED) is 0.788. The number of aromatic nitrogens is 3. The van der Waals surface area contributed by atoms with Crippen molar-refractivity contribution in [3.05, 3.63) is 70.7 Å². The van der Waals surface area contributed by atoms with E-state index in [0.29, 0.717) is 35.3 Å². The van der Waals surface area contributed by atoms with Crippen molar-refractivity contribution in [3.63, 3.8) is 0 Å². The summed E-state index contributed by atoms with van der Waals surface area (Å²) in [6.07, 6.45) is 3.36. The van der Waals surface area contributed by atoms with Crippen LogP contribution in [0, 0.1) is 5.82 Å². The van der Waals surface area contributed by atoms with Gasteiger partial charge in [-0.25, -0.2) is 14.8 Å². The van der Waals surface area contributed by atoms with Crippen molar-refractivity contribution in [2.75, 3.05) is 13.1 Å². The highest BCUT2D eigenvalue weighted by Crippen LogP contribution is 2.47. The van der Waals surface area contributed by atoms with Crippen molar-refractivity contribution in [2.45, 2.75) is 18.3 Å². The number of hydrogen-bond acceptors (Lipinski definition) is 6. The topological polar surface area (TPSA) is 75.4 Å². The lowest BCUT2D eigenvalue weighted by Gasteiger charge is -2.39. The van der Waals surface area contributed by atoms with Crippen molar-refractivity contribution in [2.24, 2.45) is 12.0 Å². The van der Waals surface area contributed by atoms with Gasteiger partial charge in [0.2, 0.25) is 0 Å². The minimum atomic E-state index is -0.340. The second-order valence-electron chi connectivity index (χ2n) is 7.37. The summed E-state index contributed by atoms with van der Waals surface area (Å²) in [6, 6.07) is 6.37. The molecule has 0 amide bonds. The van der Waals surface area contributed by atoms with E-state index in [0.717, 1.165) is 11.1 Å². The number of halogens is 2. The number of nitrogens with zero attached hydrogens (tertiary/aromatic N) is 5. The SMILES string of the molecule is Cn1ncnc1C1C2=NCC(=O)C=C3C2=C(CNN3F)CC1c1ccc(F)cc1. The molecule has 1 aliphatic carbocycles. The predicted molar refractivity (Wildman–Crippen MR) is 101 cm³/mol. The molecule has 3 aliphatic rings. The molecule has 7 nitrogen and oxygen atoms in total. The van der Waals surface area contributed by atoms with Gasteiger partial charge in [-0.3, -0.25) is 14.5 Å². The summed E-state index contributed by atoms with van der Waals surface area (Å²) < 4.78 is 29.7. The lowest BCUT2D eigenvalue weighted by molar-refractivity contribution is -0.113. The number of hydrazine groups is 1. The number of rotatable bonds is 2. The van der Waals surface area contributed by atoms with Crippen LogP contribution in [-0.4, -0.2) is 44.6 Å². The third-order valence-corrected chi connectivity index (χ3v) is 5.70. The van der Waals surface area contributed by atoms with E-state index in [2.05, 4.69) is 20.5 Å². The first-order valence-electron chi connectivity index (χ1n) is 9.33. The van der Waals surface area contributed by atoms with Gasteiger partial charge in [0.25, 0.3) is 0 Å². The Morgan fingerprint density at radius 3 is 2.76 bits per heavy atom. The Balaban J connectivity index is 1.73. The van der Waals surface area contributed by atoms with Gasteiger partial charge >= 0.3 is 0 Å². The zero-order valence-corrected chi connectivity index (χ0v) is 15.6. The zero-order chi connectivity index (χ0) is 20.1. The van der Waals surface area contributed by atoms with Gasteiger partial charge in [0.1, 0.15) is 30.2 Å². The molecule has 1 aromatic heterocycles. The summed E-state index contributed by atoms with van der Waals surface area (Å²) >= 11 is 0. The molecule has 0 fully saturated rings. The monoisotopic (exact) mass is 396 g/mol. The van der Waals surface area contributed by atoms with Crippen LogP contribution in [0.2, 0.25) is 0 Å². The number of carbonyl (C=O) groups is 1. The summed E-state index contributed by atoms with van der Waals surface area (Å²) in [5.74, 6) is -0.349. The van der Waals surface area contributed by atoms with Crippen molar-refractivity contribution < 1.29 is 13.7 Å². The van der Waals surface area contributed by atoms with Crippen LogP contribution in [0.4, 0.5) is 8.87 Å². The highest BCUT2D eigenvalue weighted by atomic mass is 19.2. The van der Waals surface area contributed by atoms with Crippen LogP contribution in [0.15, 0.2) is 58.5 Å². The van der Waals surface area contributed by atoms with Crippen LogP contribution in [0.25, 0.3) is 0 Å². The molecular formula is C20H18F2N6O. The maximum atomic E-state index is 14.5. The average molecular weight is 396 g/mol. The zero-order valence-electron chi connectivity index (χ0n) is 15.6. The summed E-state index contributed by atoms with van der Waals surface area (Å²) in [5, 5.41) is 4.59. The molecule has 148 valence electrons. The highest BCUT2D eigenvalue weighted by Gasteiger charge is 2.44. The lowest BCUT2D eigenvalue weighted by Crippen LogP contribution is -2.43.